The van der Waals surface area contributed by atoms with E-state index in [9.17, 15) is 8.42 Å². The highest BCUT2D eigenvalue weighted by Crippen LogP contribution is 2.26. The molecule has 0 aliphatic carbocycles. The van der Waals surface area contributed by atoms with Crippen molar-refractivity contribution in [3.8, 4) is 0 Å². The van der Waals surface area contributed by atoms with E-state index in [-0.39, 0.29) is 17.5 Å². The molecule has 0 N–H and O–H groups in total. The highest BCUT2D eigenvalue weighted by molar-refractivity contribution is 9.10. The molecule has 0 atom stereocenters. The van der Waals surface area contributed by atoms with Crippen molar-refractivity contribution in [2.24, 2.45) is 0 Å². The molecule has 0 unspecified atom stereocenters. The average molecular weight is 369 g/mol. The lowest BCUT2D eigenvalue weighted by molar-refractivity contribution is 0.344. The Morgan fingerprint density at radius 1 is 1.14 bits per heavy atom. The van der Waals surface area contributed by atoms with Crippen LogP contribution in [0, 0.1) is 0 Å². The first kappa shape index (κ1) is 16.1. The van der Waals surface area contributed by atoms with E-state index in [0.717, 1.165) is 5.69 Å². The predicted molar refractivity (Wildman–Crippen MR) is 86.2 cm³/mol. The summed E-state index contributed by atoms with van der Waals surface area (Å²) < 4.78 is 27.8. The summed E-state index contributed by atoms with van der Waals surface area (Å²) in [7, 11) is -3.58. The van der Waals surface area contributed by atoms with E-state index in [2.05, 4.69) is 20.9 Å². The second-order valence-corrected chi connectivity index (χ2v) is 7.61. The molecule has 0 bridgehead atoms. The van der Waals surface area contributed by atoms with Crippen LogP contribution in [-0.2, 0) is 16.6 Å². The van der Waals surface area contributed by atoms with Gasteiger partial charge in [0, 0.05) is 16.7 Å². The van der Waals surface area contributed by atoms with Crippen LogP contribution in [0.1, 0.15) is 19.5 Å². The molecular formula is C15H17BrN2O2S. The van der Waals surface area contributed by atoms with Crippen LogP contribution >= 0.6 is 15.9 Å². The van der Waals surface area contributed by atoms with E-state index >= 15 is 0 Å². The Morgan fingerprint density at radius 3 is 2.38 bits per heavy atom. The second-order valence-electron chi connectivity index (χ2n) is 4.90. The molecule has 2 aromatic rings. The third kappa shape index (κ3) is 3.70. The van der Waals surface area contributed by atoms with Crippen LogP contribution in [0.3, 0.4) is 0 Å². The Labute approximate surface area is 134 Å². The van der Waals surface area contributed by atoms with Crippen LogP contribution in [-0.4, -0.2) is 23.7 Å². The smallest absolute Gasteiger partial charge is 0.244 e. The van der Waals surface area contributed by atoms with Gasteiger partial charge in [-0.1, -0.05) is 18.2 Å². The molecule has 0 saturated heterocycles. The van der Waals surface area contributed by atoms with Gasteiger partial charge in [-0.3, -0.25) is 4.98 Å². The van der Waals surface area contributed by atoms with Crippen molar-refractivity contribution in [1.82, 2.24) is 9.29 Å². The van der Waals surface area contributed by atoms with E-state index < -0.39 is 10.0 Å². The molecule has 1 aromatic carbocycles. The zero-order chi connectivity index (χ0) is 15.5. The first-order chi connectivity index (χ1) is 9.93. The fourth-order valence-electron chi connectivity index (χ4n) is 1.98. The van der Waals surface area contributed by atoms with E-state index in [4.69, 9.17) is 0 Å². The van der Waals surface area contributed by atoms with Gasteiger partial charge in [-0.2, -0.15) is 4.31 Å². The molecule has 112 valence electrons. The zero-order valence-corrected chi connectivity index (χ0v) is 14.3. The molecule has 0 aliphatic rings. The number of rotatable bonds is 5. The number of nitrogens with zero attached hydrogens (tertiary/aromatic N) is 2. The first-order valence-electron chi connectivity index (χ1n) is 6.59. The van der Waals surface area contributed by atoms with Gasteiger partial charge in [0.1, 0.15) is 0 Å². The van der Waals surface area contributed by atoms with Crippen molar-refractivity contribution in [3.63, 3.8) is 0 Å². The predicted octanol–water partition coefficient (Wildman–Crippen LogP) is 3.44. The Morgan fingerprint density at radius 2 is 1.81 bits per heavy atom. The van der Waals surface area contributed by atoms with Gasteiger partial charge in [0.25, 0.3) is 0 Å². The van der Waals surface area contributed by atoms with Crippen molar-refractivity contribution < 1.29 is 8.42 Å². The number of aromatic nitrogens is 1. The maximum Gasteiger partial charge on any atom is 0.244 e. The van der Waals surface area contributed by atoms with Crippen LogP contribution < -0.4 is 0 Å². The highest BCUT2D eigenvalue weighted by Gasteiger charge is 2.28. The first-order valence-corrected chi connectivity index (χ1v) is 8.82. The molecular weight excluding hydrogens is 352 g/mol. The van der Waals surface area contributed by atoms with Gasteiger partial charge in [0.2, 0.25) is 10.0 Å². The molecule has 0 spiro atoms. The quantitative estimate of drug-likeness (QED) is 0.811. The molecule has 2 rings (SSSR count). The fourth-order valence-corrected chi connectivity index (χ4v) is 4.55. The maximum absolute atomic E-state index is 12.9. The molecule has 0 fully saturated rings. The zero-order valence-electron chi connectivity index (χ0n) is 11.9. The van der Waals surface area contributed by atoms with Crippen LogP contribution in [0.25, 0.3) is 0 Å². The molecule has 1 heterocycles. The minimum absolute atomic E-state index is 0.163. The Kier molecular flexibility index (Phi) is 5.13. The summed E-state index contributed by atoms with van der Waals surface area (Å²) in [6.07, 6.45) is 1.67. The molecule has 1 aromatic heterocycles. The monoisotopic (exact) mass is 368 g/mol. The van der Waals surface area contributed by atoms with Crippen molar-refractivity contribution >= 4 is 26.0 Å². The molecule has 0 radical (unpaired) electrons. The van der Waals surface area contributed by atoms with Crippen LogP contribution in [0.15, 0.2) is 58.0 Å². The van der Waals surface area contributed by atoms with E-state index in [1.807, 2.05) is 32.0 Å². The van der Waals surface area contributed by atoms with Crippen LogP contribution in [0.5, 0.6) is 0 Å². The number of hydrogen-bond donors (Lipinski definition) is 0. The van der Waals surface area contributed by atoms with E-state index in [1.54, 1.807) is 30.5 Å². The Bertz CT molecular complexity index is 703. The summed E-state index contributed by atoms with van der Waals surface area (Å²) in [5, 5.41) is 0. The van der Waals surface area contributed by atoms with Gasteiger partial charge in [-0.05, 0) is 54.0 Å². The molecule has 4 nitrogen and oxygen atoms in total. The summed E-state index contributed by atoms with van der Waals surface area (Å²) in [6, 6.07) is 12.2. The summed E-state index contributed by atoms with van der Waals surface area (Å²) in [6.45, 7) is 3.97. The standard InChI is InChI=1S/C15H17BrN2O2S/c1-12(2)18(11-13-7-5-6-10-17-13)21(19,20)15-9-4-3-8-14(15)16/h3-10,12H,11H2,1-2H3. The number of pyridine rings is 1. The summed E-state index contributed by atoms with van der Waals surface area (Å²) in [4.78, 5) is 4.49. The van der Waals surface area contributed by atoms with Crippen LogP contribution in [0.2, 0.25) is 0 Å². The largest absolute Gasteiger partial charge is 0.260 e. The second kappa shape index (κ2) is 6.68. The van der Waals surface area contributed by atoms with Crippen molar-refractivity contribution in [1.29, 1.82) is 0 Å². The van der Waals surface area contributed by atoms with Gasteiger partial charge in [-0.25, -0.2) is 8.42 Å². The summed E-state index contributed by atoms with van der Waals surface area (Å²) in [5.74, 6) is 0. The average Bonchev–Trinajstić information content (AvgIpc) is 2.45. The molecule has 0 amide bonds. The van der Waals surface area contributed by atoms with Crippen molar-refractivity contribution in [3.05, 3.63) is 58.8 Å². The molecule has 0 saturated carbocycles. The van der Waals surface area contributed by atoms with Gasteiger partial charge in [0.15, 0.2) is 0 Å². The number of hydrogen-bond acceptors (Lipinski definition) is 3. The lowest BCUT2D eigenvalue weighted by Gasteiger charge is -2.26. The van der Waals surface area contributed by atoms with Gasteiger partial charge >= 0.3 is 0 Å². The number of halogens is 1. The SMILES string of the molecule is CC(C)N(Cc1ccccn1)S(=O)(=O)c1ccccc1Br. The molecule has 6 heteroatoms. The van der Waals surface area contributed by atoms with Gasteiger partial charge in [0.05, 0.1) is 17.1 Å². The van der Waals surface area contributed by atoms with Gasteiger partial charge in [-0.15, -0.1) is 0 Å². The third-order valence-electron chi connectivity index (χ3n) is 3.04. The lowest BCUT2D eigenvalue weighted by Crippen LogP contribution is -2.36. The Balaban J connectivity index is 2.40. The van der Waals surface area contributed by atoms with E-state index in [0.29, 0.717) is 4.47 Å². The lowest BCUT2D eigenvalue weighted by atomic mass is 10.3. The summed E-state index contributed by atoms with van der Waals surface area (Å²) in [5.41, 5.74) is 0.724. The minimum Gasteiger partial charge on any atom is -0.260 e. The maximum atomic E-state index is 12.9. The van der Waals surface area contributed by atoms with E-state index in [1.165, 1.54) is 4.31 Å². The third-order valence-corrected chi connectivity index (χ3v) is 6.08. The Hall–Kier alpha value is -1.24. The number of sulfonamides is 1. The number of benzene rings is 1. The normalized spacial score (nSPS) is 12.0. The minimum atomic E-state index is -3.58. The fraction of sp³-hybridized carbons (Fsp3) is 0.267. The molecule has 21 heavy (non-hydrogen) atoms. The van der Waals surface area contributed by atoms with Crippen molar-refractivity contribution in [2.45, 2.75) is 31.3 Å². The van der Waals surface area contributed by atoms with Gasteiger partial charge < -0.3 is 0 Å². The summed E-state index contributed by atoms with van der Waals surface area (Å²) >= 11 is 3.31. The van der Waals surface area contributed by atoms with Crippen LogP contribution in [0.4, 0.5) is 0 Å². The highest BCUT2D eigenvalue weighted by atomic mass is 79.9. The topological polar surface area (TPSA) is 50.3 Å². The molecule has 0 aliphatic heterocycles. The van der Waals surface area contributed by atoms with Crippen molar-refractivity contribution in [2.75, 3.05) is 0 Å².